The van der Waals surface area contributed by atoms with Gasteiger partial charge in [0, 0.05) is 16.3 Å². The number of aromatic amines is 1. The summed E-state index contributed by atoms with van der Waals surface area (Å²) < 4.78 is 0. The fourth-order valence-electron chi connectivity index (χ4n) is 2.79. The second kappa shape index (κ2) is 6.49. The lowest BCUT2D eigenvalue weighted by Gasteiger charge is -1.97. The second-order valence-electron chi connectivity index (χ2n) is 5.60. The highest BCUT2D eigenvalue weighted by Crippen LogP contribution is 2.38. The highest BCUT2D eigenvalue weighted by Gasteiger charge is 2.13. The molecule has 0 saturated heterocycles. The molecule has 4 rings (SSSR count). The molecule has 25 heavy (non-hydrogen) atoms. The molecule has 2 N–H and O–H groups in total. The molecule has 0 atom stereocenters. The van der Waals surface area contributed by atoms with Gasteiger partial charge >= 0.3 is 0 Å². The standard InChI is InChI=1S/C19H16N4OS/c1-2-12-9-6-10-14-16(12)21-18(24)17(14)22-23-19-20-15(11-25-19)13-7-4-3-5-8-13/h3-11,21,24H,2H2,1H3. The largest absolute Gasteiger partial charge is 0.493 e. The number of para-hydroxylation sites is 1. The number of azo groups is 1. The first-order valence-corrected chi connectivity index (χ1v) is 8.89. The number of aromatic nitrogens is 2. The maximum atomic E-state index is 10.2. The van der Waals surface area contributed by atoms with Crippen LogP contribution in [0.2, 0.25) is 0 Å². The van der Waals surface area contributed by atoms with Crippen LogP contribution in [0.15, 0.2) is 64.1 Å². The van der Waals surface area contributed by atoms with Gasteiger partial charge in [-0.15, -0.1) is 21.6 Å². The molecule has 0 fully saturated rings. The number of benzene rings is 2. The maximum absolute atomic E-state index is 10.2. The maximum Gasteiger partial charge on any atom is 0.230 e. The molecule has 2 aromatic carbocycles. The Balaban J connectivity index is 1.68. The molecule has 0 bridgehead atoms. The van der Waals surface area contributed by atoms with E-state index in [0.717, 1.165) is 34.1 Å². The molecule has 0 aliphatic rings. The Kier molecular flexibility index (Phi) is 4.03. The first-order valence-electron chi connectivity index (χ1n) is 8.01. The van der Waals surface area contributed by atoms with Gasteiger partial charge in [0.25, 0.3) is 0 Å². The number of nitrogens with zero attached hydrogens (tertiary/aromatic N) is 3. The number of aryl methyl sites for hydroxylation is 1. The number of hydrogen-bond acceptors (Lipinski definition) is 5. The molecule has 0 radical (unpaired) electrons. The molecular weight excluding hydrogens is 332 g/mol. The van der Waals surface area contributed by atoms with E-state index in [-0.39, 0.29) is 5.88 Å². The van der Waals surface area contributed by atoms with Crippen molar-refractivity contribution >= 4 is 33.1 Å². The Hall–Kier alpha value is -2.99. The summed E-state index contributed by atoms with van der Waals surface area (Å²) in [5, 5.41) is 22.0. The van der Waals surface area contributed by atoms with Crippen molar-refractivity contribution in [3.8, 4) is 17.1 Å². The smallest absolute Gasteiger partial charge is 0.230 e. The summed E-state index contributed by atoms with van der Waals surface area (Å²) in [4.78, 5) is 7.49. The van der Waals surface area contributed by atoms with Crippen molar-refractivity contribution in [2.75, 3.05) is 0 Å². The van der Waals surface area contributed by atoms with Gasteiger partial charge in [0.1, 0.15) is 0 Å². The van der Waals surface area contributed by atoms with E-state index in [0.29, 0.717) is 10.8 Å². The molecule has 6 heteroatoms. The average Bonchev–Trinajstić information content (AvgIpc) is 3.24. The van der Waals surface area contributed by atoms with Crippen molar-refractivity contribution in [3.63, 3.8) is 0 Å². The molecular formula is C19H16N4OS. The highest BCUT2D eigenvalue weighted by atomic mass is 32.1. The van der Waals surface area contributed by atoms with Crippen molar-refractivity contribution < 1.29 is 5.11 Å². The molecule has 4 aromatic rings. The number of aromatic hydroxyl groups is 1. The summed E-state index contributed by atoms with van der Waals surface area (Å²) in [6.45, 7) is 2.08. The predicted octanol–water partition coefficient (Wildman–Crippen LogP) is 5.97. The number of nitrogens with one attached hydrogen (secondary N) is 1. The zero-order valence-corrected chi connectivity index (χ0v) is 14.4. The quantitative estimate of drug-likeness (QED) is 0.446. The lowest BCUT2D eigenvalue weighted by Crippen LogP contribution is -1.80. The summed E-state index contributed by atoms with van der Waals surface area (Å²) in [7, 11) is 0. The van der Waals surface area contributed by atoms with Gasteiger partial charge in [0.15, 0.2) is 5.69 Å². The topological polar surface area (TPSA) is 73.6 Å². The molecule has 0 unspecified atom stereocenters. The van der Waals surface area contributed by atoms with Crippen LogP contribution < -0.4 is 0 Å². The Bertz CT molecular complexity index is 1050. The number of rotatable bonds is 4. The lowest BCUT2D eigenvalue weighted by atomic mass is 10.1. The first-order chi connectivity index (χ1) is 12.3. The minimum Gasteiger partial charge on any atom is -0.493 e. The molecule has 0 amide bonds. The minimum absolute atomic E-state index is 0.0273. The van der Waals surface area contributed by atoms with Crippen LogP contribution in [0.3, 0.4) is 0 Å². The first kappa shape index (κ1) is 15.5. The third kappa shape index (κ3) is 2.92. The van der Waals surface area contributed by atoms with Crippen LogP contribution >= 0.6 is 11.3 Å². The van der Waals surface area contributed by atoms with Crippen LogP contribution in [-0.4, -0.2) is 15.1 Å². The molecule has 0 spiro atoms. The number of H-pyrrole nitrogens is 1. The Labute approximate surface area is 148 Å². The SMILES string of the molecule is CCc1cccc2c(N=Nc3nc(-c4ccccc4)cs3)c(O)[nH]c12. The van der Waals surface area contributed by atoms with Crippen LogP contribution in [0, 0.1) is 0 Å². The fourth-order valence-corrected chi connectivity index (χ4v) is 3.44. The van der Waals surface area contributed by atoms with Gasteiger partial charge in [-0.05, 0) is 12.0 Å². The molecule has 0 saturated carbocycles. The number of fused-ring (bicyclic) bond motifs is 1. The Morgan fingerprint density at radius 1 is 1.08 bits per heavy atom. The monoisotopic (exact) mass is 348 g/mol. The van der Waals surface area contributed by atoms with Crippen molar-refractivity contribution in [1.29, 1.82) is 0 Å². The Morgan fingerprint density at radius 3 is 2.72 bits per heavy atom. The van der Waals surface area contributed by atoms with Gasteiger partial charge in [-0.3, -0.25) is 0 Å². The summed E-state index contributed by atoms with van der Waals surface area (Å²) in [5.74, 6) is 0.0273. The van der Waals surface area contributed by atoms with Crippen molar-refractivity contribution in [2.24, 2.45) is 10.2 Å². The van der Waals surface area contributed by atoms with E-state index in [1.54, 1.807) is 0 Å². The lowest BCUT2D eigenvalue weighted by molar-refractivity contribution is 0.459. The normalized spacial score (nSPS) is 11.6. The van der Waals surface area contributed by atoms with Crippen LogP contribution in [0.4, 0.5) is 10.8 Å². The zero-order chi connectivity index (χ0) is 17.2. The molecule has 0 aliphatic carbocycles. The van der Waals surface area contributed by atoms with Crippen LogP contribution in [0.1, 0.15) is 12.5 Å². The molecule has 124 valence electrons. The van der Waals surface area contributed by atoms with E-state index < -0.39 is 0 Å². The van der Waals surface area contributed by atoms with E-state index in [1.807, 2.05) is 53.9 Å². The molecule has 2 heterocycles. The summed E-state index contributed by atoms with van der Waals surface area (Å²) >= 11 is 1.42. The Morgan fingerprint density at radius 2 is 1.92 bits per heavy atom. The van der Waals surface area contributed by atoms with Gasteiger partial charge in [-0.25, -0.2) is 4.98 Å². The number of hydrogen-bond donors (Lipinski definition) is 2. The van der Waals surface area contributed by atoms with Crippen molar-refractivity contribution in [1.82, 2.24) is 9.97 Å². The van der Waals surface area contributed by atoms with Gasteiger partial charge in [-0.2, -0.15) is 0 Å². The zero-order valence-electron chi connectivity index (χ0n) is 13.6. The number of thiazole rings is 1. The van der Waals surface area contributed by atoms with Crippen molar-refractivity contribution in [3.05, 3.63) is 59.5 Å². The third-order valence-corrected chi connectivity index (χ3v) is 4.78. The van der Waals surface area contributed by atoms with E-state index in [4.69, 9.17) is 0 Å². The average molecular weight is 348 g/mol. The predicted molar refractivity (Wildman–Crippen MR) is 101 cm³/mol. The van der Waals surface area contributed by atoms with Crippen molar-refractivity contribution in [2.45, 2.75) is 13.3 Å². The summed E-state index contributed by atoms with van der Waals surface area (Å²) in [5.41, 5.74) is 4.40. The molecule has 0 aliphatic heterocycles. The fraction of sp³-hybridized carbons (Fsp3) is 0.105. The molecule has 2 aromatic heterocycles. The summed E-state index contributed by atoms with van der Waals surface area (Å²) in [6, 6.07) is 15.9. The summed E-state index contributed by atoms with van der Waals surface area (Å²) in [6.07, 6.45) is 0.876. The second-order valence-corrected chi connectivity index (χ2v) is 6.43. The highest BCUT2D eigenvalue weighted by molar-refractivity contribution is 7.13. The third-order valence-electron chi connectivity index (χ3n) is 4.05. The van der Waals surface area contributed by atoms with Crippen LogP contribution in [0.5, 0.6) is 5.88 Å². The van der Waals surface area contributed by atoms with E-state index >= 15 is 0 Å². The van der Waals surface area contributed by atoms with Gasteiger partial charge in [0.05, 0.1) is 11.2 Å². The van der Waals surface area contributed by atoms with E-state index in [2.05, 4.69) is 27.1 Å². The van der Waals surface area contributed by atoms with Gasteiger partial charge < -0.3 is 10.1 Å². The van der Waals surface area contributed by atoms with Gasteiger partial charge in [0.2, 0.25) is 11.0 Å². The minimum atomic E-state index is 0.0273. The molecule has 5 nitrogen and oxygen atoms in total. The van der Waals surface area contributed by atoms with Crippen LogP contribution in [0.25, 0.3) is 22.2 Å². The van der Waals surface area contributed by atoms with Crippen LogP contribution in [-0.2, 0) is 6.42 Å². The van der Waals surface area contributed by atoms with E-state index in [1.165, 1.54) is 11.3 Å². The van der Waals surface area contributed by atoms with Gasteiger partial charge in [-0.1, -0.05) is 55.5 Å². The van der Waals surface area contributed by atoms with E-state index in [9.17, 15) is 5.11 Å².